The number of aliphatic carboxylic acids is 1. The number of hydrogen-bond acceptors (Lipinski definition) is 3. The fourth-order valence-electron chi connectivity index (χ4n) is 2.55. The number of aryl methyl sites for hydroxylation is 1. The molecule has 1 rings (SSSR count). The van der Waals surface area contributed by atoms with Gasteiger partial charge in [0.2, 0.25) is 0 Å². The van der Waals surface area contributed by atoms with E-state index in [2.05, 4.69) is 36.8 Å². The van der Waals surface area contributed by atoms with Gasteiger partial charge in [0.15, 0.2) is 0 Å². The molecule has 1 aromatic carbocycles. The van der Waals surface area contributed by atoms with Gasteiger partial charge in [-0.2, -0.15) is 0 Å². The van der Waals surface area contributed by atoms with Crippen molar-refractivity contribution in [2.75, 3.05) is 36.0 Å². The van der Waals surface area contributed by atoms with Crippen molar-refractivity contribution in [3.8, 4) is 12.3 Å². The Morgan fingerprint density at radius 2 is 1.95 bits per heavy atom. The predicted octanol–water partition coefficient (Wildman–Crippen LogP) is 3.00. The van der Waals surface area contributed by atoms with Gasteiger partial charge in [-0.1, -0.05) is 12.8 Å². The van der Waals surface area contributed by atoms with Gasteiger partial charge < -0.3 is 14.9 Å². The van der Waals surface area contributed by atoms with E-state index >= 15 is 0 Å². The molecular weight excluding hydrogens is 276 g/mol. The number of carboxylic acids is 1. The Kier molecular flexibility index (Phi) is 6.78. The molecule has 1 unspecified atom stereocenters. The number of rotatable bonds is 8. The summed E-state index contributed by atoms with van der Waals surface area (Å²) in [6.45, 7) is 10.7. The normalized spacial score (nSPS) is 11.6. The smallest absolute Gasteiger partial charge is 0.308 e. The number of carbonyl (C=O) groups is 1. The minimum Gasteiger partial charge on any atom is -0.481 e. The minimum absolute atomic E-state index is 0.406. The molecule has 1 atom stereocenters. The number of terminal acetylenes is 1. The molecule has 4 heteroatoms. The second-order valence-electron chi connectivity index (χ2n) is 5.47. The largest absolute Gasteiger partial charge is 0.481 e. The predicted molar refractivity (Wildman–Crippen MR) is 92.6 cm³/mol. The van der Waals surface area contributed by atoms with Gasteiger partial charge in [0.1, 0.15) is 0 Å². The van der Waals surface area contributed by atoms with E-state index in [1.165, 1.54) is 5.69 Å². The molecule has 0 aliphatic carbocycles. The highest BCUT2D eigenvalue weighted by Crippen LogP contribution is 2.26. The maximum absolute atomic E-state index is 11.1. The van der Waals surface area contributed by atoms with Crippen molar-refractivity contribution in [1.82, 2.24) is 0 Å². The Balaban J connectivity index is 3.06. The first-order chi connectivity index (χ1) is 10.4. The lowest BCUT2D eigenvalue weighted by atomic mass is 10.1. The zero-order valence-corrected chi connectivity index (χ0v) is 14.0. The Morgan fingerprint density at radius 1 is 1.32 bits per heavy atom. The van der Waals surface area contributed by atoms with E-state index in [9.17, 15) is 4.79 Å². The minimum atomic E-state index is -0.806. The van der Waals surface area contributed by atoms with E-state index in [1.807, 2.05) is 17.9 Å². The summed E-state index contributed by atoms with van der Waals surface area (Å²) < 4.78 is 0. The van der Waals surface area contributed by atoms with Crippen molar-refractivity contribution in [2.45, 2.75) is 27.7 Å². The summed E-state index contributed by atoms with van der Waals surface area (Å²) in [7, 11) is 0. The molecular formula is C18H26N2O2. The lowest BCUT2D eigenvalue weighted by molar-refractivity contribution is -0.140. The van der Waals surface area contributed by atoms with Gasteiger partial charge in [0.05, 0.1) is 12.5 Å². The van der Waals surface area contributed by atoms with Gasteiger partial charge in [-0.3, -0.25) is 4.79 Å². The first-order valence-corrected chi connectivity index (χ1v) is 7.71. The molecule has 0 fully saturated rings. The van der Waals surface area contributed by atoms with E-state index in [0.717, 1.165) is 24.3 Å². The highest BCUT2D eigenvalue weighted by molar-refractivity contribution is 5.71. The van der Waals surface area contributed by atoms with Gasteiger partial charge >= 0.3 is 5.97 Å². The van der Waals surface area contributed by atoms with Crippen LogP contribution in [0.4, 0.5) is 11.4 Å². The van der Waals surface area contributed by atoms with Crippen LogP contribution in [0.2, 0.25) is 0 Å². The third-order valence-corrected chi connectivity index (χ3v) is 3.85. The monoisotopic (exact) mass is 302 g/mol. The summed E-state index contributed by atoms with van der Waals surface area (Å²) in [5, 5.41) is 9.11. The molecule has 0 aliphatic rings. The van der Waals surface area contributed by atoms with E-state index < -0.39 is 11.9 Å². The van der Waals surface area contributed by atoms with E-state index in [0.29, 0.717) is 13.1 Å². The van der Waals surface area contributed by atoms with Crippen LogP contribution in [0.5, 0.6) is 0 Å². The summed E-state index contributed by atoms with van der Waals surface area (Å²) in [6, 6.07) is 6.25. The molecule has 120 valence electrons. The fraction of sp³-hybridized carbons (Fsp3) is 0.500. The lowest BCUT2D eigenvalue weighted by Crippen LogP contribution is -2.32. The van der Waals surface area contributed by atoms with Crippen LogP contribution in [0.25, 0.3) is 0 Å². The maximum atomic E-state index is 11.1. The highest BCUT2D eigenvalue weighted by atomic mass is 16.4. The van der Waals surface area contributed by atoms with Crippen LogP contribution in [0.15, 0.2) is 18.2 Å². The zero-order chi connectivity index (χ0) is 16.7. The SMILES string of the molecule is C#CCN(CC(C)C(=O)O)c1ccc(N(CC)CC)cc1C. The van der Waals surface area contributed by atoms with Gasteiger partial charge in [0, 0.05) is 31.0 Å². The van der Waals surface area contributed by atoms with Crippen LogP contribution in [-0.4, -0.2) is 37.3 Å². The van der Waals surface area contributed by atoms with Gasteiger partial charge in [-0.05, 0) is 44.5 Å². The Hall–Kier alpha value is -2.15. The Labute approximate surface area is 133 Å². The van der Waals surface area contributed by atoms with Crippen LogP contribution in [0, 0.1) is 25.2 Å². The first kappa shape index (κ1) is 17.9. The molecule has 22 heavy (non-hydrogen) atoms. The number of hydrogen-bond donors (Lipinski definition) is 1. The standard InChI is InChI=1S/C18H26N2O2/c1-6-11-20(13-15(5)18(21)22)17-10-9-16(12-14(17)4)19(7-2)8-3/h1,9-10,12,15H,7-8,11,13H2,2-5H3,(H,21,22). The summed E-state index contributed by atoms with van der Waals surface area (Å²) >= 11 is 0. The van der Waals surface area contributed by atoms with Crippen LogP contribution >= 0.6 is 0 Å². The molecule has 0 amide bonds. The van der Waals surface area contributed by atoms with Crippen LogP contribution in [0.1, 0.15) is 26.3 Å². The number of anilines is 2. The zero-order valence-electron chi connectivity index (χ0n) is 14.0. The Bertz CT molecular complexity index is 545. The topological polar surface area (TPSA) is 43.8 Å². The van der Waals surface area contributed by atoms with E-state index in [4.69, 9.17) is 11.5 Å². The van der Waals surface area contributed by atoms with Crippen LogP contribution in [-0.2, 0) is 4.79 Å². The van der Waals surface area contributed by atoms with Crippen molar-refractivity contribution >= 4 is 17.3 Å². The third kappa shape index (κ3) is 4.42. The molecule has 0 radical (unpaired) electrons. The first-order valence-electron chi connectivity index (χ1n) is 7.71. The molecule has 0 spiro atoms. The number of benzene rings is 1. The second kappa shape index (κ2) is 8.33. The number of nitrogens with zero attached hydrogens (tertiary/aromatic N) is 2. The number of carboxylic acid groups (broad SMARTS) is 1. The van der Waals surface area contributed by atoms with Crippen LogP contribution < -0.4 is 9.80 Å². The van der Waals surface area contributed by atoms with Crippen molar-refractivity contribution in [3.05, 3.63) is 23.8 Å². The highest BCUT2D eigenvalue weighted by Gasteiger charge is 2.17. The van der Waals surface area contributed by atoms with Gasteiger partial charge in [0.25, 0.3) is 0 Å². The molecule has 4 nitrogen and oxygen atoms in total. The van der Waals surface area contributed by atoms with E-state index in [-0.39, 0.29) is 0 Å². The molecule has 0 aromatic heterocycles. The molecule has 1 N–H and O–H groups in total. The average molecular weight is 302 g/mol. The molecule has 0 aliphatic heterocycles. The summed E-state index contributed by atoms with van der Waals surface area (Å²) in [6.07, 6.45) is 5.44. The van der Waals surface area contributed by atoms with Gasteiger partial charge in [-0.25, -0.2) is 0 Å². The van der Waals surface area contributed by atoms with Crippen LogP contribution in [0.3, 0.4) is 0 Å². The van der Waals surface area contributed by atoms with Gasteiger partial charge in [-0.15, -0.1) is 6.42 Å². The molecule has 0 saturated carbocycles. The summed E-state index contributed by atoms with van der Waals surface area (Å²) in [4.78, 5) is 15.3. The quantitative estimate of drug-likeness (QED) is 0.750. The van der Waals surface area contributed by atoms with E-state index in [1.54, 1.807) is 6.92 Å². The summed E-state index contributed by atoms with van der Waals surface area (Å²) in [5.74, 6) is 1.35. The third-order valence-electron chi connectivity index (χ3n) is 3.85. The average Bonchev–Trinajstić information content (AvgIpc) is 2.48. The Morgan fingerprint density at radius 3 is 2.41 bits per heavy atom. The molecule has 0 bridgehead atoms. The summed E-state index contributed by atoms with van der Waals surface area (Å²) in [5.41, 5.74) is 3.29. The molecule has 1 aromatic rings. The second-order valence-corrected chi connectivity index (χ2v) is 5.47. The maximum Gasteiger partial charge on any atom is 0.308 e. The molecule has 0 saturated heterocycles. The van der Waals surface area contributed by atoms with Crippen molar-refractivity contribution in [2.24, 2.45) is 5.92 Å². The van der Waals surface area contributed by atoms with Crippen molar-refractivity contribution < 1.29 is 9.90 Å². The van der Waals surface area contributed by atoms with Crippen molar-refractivity contribution in [3.63, 3.8) is 0 Å². The lowest BCUT2D eigenvalue weighted by Gasteiger charge is -2.28. The van der Waals surface area contributed by atoms with Crippen molar-refractivity contribution in [1.29, 1.82) is 0 Å². The fourth-order valence-corrected chi connectivity index (χ4v) is 2.55. The molecule has 0 heterocycles.